The summed E-state index contributed by atoms with van der Waals surface area (Å²) in [5.41, 5.74) is -0.357. The third-order valence-corrected chi connectivity index (χ3v) is 4.10. The van der Waals surface area contributed by atoms with Crippen molar-refractivity contribution < 1.29 is 28.2 Å². The smallest absolute Gasteiger partial charge is 0.339 e. The van der Waals surface area contributed by atoms with E-state index in [4.69, 9.17) is 9.84 Å². The minimum atomic E-state index is -3.63. The van der Waals surface area contributed by atoms with Gasteiger partial charge < -0.3 is 14.9 Å². The second-order valence-electron chi connectivity index (χ2n) is 4.17. The van der Waals surface area contributed by atoms with E-state index in [2.05, 4.69) is 0 Å². The highest BCUT2D eigenvalue weighted by Gasteiger charge is 2.16. The molecule has 0 fully saturated rings. The first kappa shape index (κ1) is 14.9. The van der Waals surface area contributed by atoms with E-state index in [1.165, 1.54) is 18.2 Å². The standard InChI is InChI=1S/C14H12O6S/c15-13-7-6-10(8-12(13)14(16)17)20-9-21(18,19)11-4-2-1-3-5-11/h1-8,15H,9H2,(H,16,17). The number of rotatable bonds is 5. The lowest BCUT2D eigenvalue weighted by Gasteiger charge is -2.08. The van der Waals surface area contributed by atoms with Crippen molar-refractivity contribution in [1.82, 2.24) is 0 Å². The summed E-state index contributed by atoms with van der Waals surface area (Å²) < 4.78 is 29.1. The number of benzene rings is 2. The molecule has 0 unspecified atom stereocenters. The minimum absolute atomic E-state index is 0.0460. The molecule has 0 bridgehead atoms. The fourth-order valence-corrected chi connectivity index (χ4v) is 2.62. The summed E-state index contributed by atoms with van der Waals surface area (Å²) >= 11 is 0. The van der Waals surface area contributed by atoms with Crippen molar-refractivity contribution >= 4 is 15.8 Å². The van der Waals surface area contributed by atoms with Crippen LogP contribution in [0.4, 0.5) is 0 Å². The van der Waals surface area contributed by atoms with Gasteiger partial charge in [-0.25, -0.2) is 13.2 Å². The molecule has 0 aliphatic carbocycles. The Labute approximate surface area is 121 Å². The molecule has 2 aromatic carbocycles. The second kappa shape index (κ2) is 5.84. The molecule has 0 spiro atoms. The molecule has 0 saturated heterocycles. The molecule has 0 saturated carbocycles. The van der Waals surface area contributed by atoms with Gasteiger partial charge in [-0.15, -0.1) is 0 Å². The SMILES string of the molecule is O=C(O)c1cc(OCS(=O)(=O)c2ccccc2)ccc1O. The van der Waals surface area contributed by atoms with E-state index in [1.54, 1.807) is 18.2 Å². The molecule has 21 heavy (non-hydrogen) atoms. The van der Waals surface area contributed by atoms with E-state index in [-0.39, 0.29) is 16.2 Å². The fourth-order valence-electron chi connectivity index (χ4n) is 1.62. The number of carboxylic acid groups (broad SMARTS) is 1. The molecule has 110 valence electrons. The number of hydrogen-bond donors (Lipinski definition) is 2. The van der Waals surface area contributed by atoms with E-state index in [0.717, 1.165) is 12.1 Å². The number of aromatic hydroxyl groups is 1. The van der Waals surface area contributed by atoms with Gasteiger partial charge in [0.15, 0.2) is 5.94 Å². The Hall–Kier alpha value is -2.54. The first-order valence-corrected chi connectivity index (χ1v) is 7.52. The van der Waals surface area contributed by atoms with Crippen LogP contribution >= 0.6 is 0 Å². The van der Waals surface area contributed by atoms with Gasteiger partial charge in [-0.3, -0.25) is 0 Å². The number of aromatic carboxylic acids is 1. The predicted octanol–water partition coefficient (Wildman–Crippen LogP) is 1.90. The van der Waals surface area contributed by atoms with Crippen LogP contribution in [-0.4, -0.2) is 30.5 Å². The maximum Gasteiger partial charge on any atom is 0.339 e. The average Bonchev–Trinajstić information content (AvgIpc) is 2.47. The molecule has 0 aliphatic heterocycles. The van der Waals surface area contributed by atoms with Crippen molar-refractivity contribution in [3.05, 3.63) is 54.1 Å². The van der Waals surface area contributed by atoms with Crippen molar-refractivity contribution in [1.29, 1.82) is 0 Å². The number of phenols is 1. The van der Waals surface area contributed by atoms with Crippen LogP contribution in [0.15, 0.2) is 53.4 Å². The highest BCUT2D eigenvalue weighted by Crippen LogP contribution is 2.23. The van der Waals surface area contributed by atoms with Gasteiger partial charge in [0.1, 0.15) is 17.1 Å². The van der Waals surface area contributed by atoms with Gasteiger partial charge in [0.05, 0.1) is 4.90 Å². The van der Waals surface area contributed by atoms with Crippen molar-refractivity contribution in [3.63, 3.8) is 0 Å². The highest BCUT2D eigenvalue weighted by atomic mass is 32.2. The van der Waals surface area contributed by atoms with Gasteiger partial charge in [0.25, 0.3) is 0 Å². The summed E-state index contributed by atoms with van der Waals surface area (Å²) in [5.74, 6) is -2.32. The van der Waals surface area contributed by atoms with Gasteiger partial charge in [0.2, 0.25) is 9.84 Å². The third-order valence-electron chi connectivity index (χ3n) is 2.68. The Morgan fingerprint density at radius 2 is 1.76 bits per heavy atom. The topological polar surface area (TPSA) is 101 Å². The van der Waals surface area contributed by atoms with Crippen LogP contribution < -0.4 is 4.74 Å². The van der Waals surface area contributed by atoms with E-state index >= 15 is 0 Å². The lowest BCUT2D eigenvalue weighted by molar-refractivity contribution is 0.0693. The quantitative estimate of drug-likeness (QED) is 0.875. The first-order chi connectivity index (χ1) is 9.90. The Morgan fingerprint density at radius 1 is 1.10 bits per heavy atom. The van der Waals surface area contributed by atoms with Gasteiger partial charge in [-0.2, -0.15) is 0 Å². The Morgan fingerprint density at radius 3 is 2.38 bits per heavy atom. The molecule has 2 N–H and O–H groups in total. The molecule has 0 heterocycles. The molecular weight excluding hydrogens is 296 g/mol. The summed E-state index contributed by atoms with van der Waals surface area (Å²) in [7, 11) is -3.63. The molecule has 0 aromatic heterocycles. The maximum absolute atomic E-state index is 12.0. The van der Waals surface area contributed by atoms with Crippen molar-refractivity contribution in [2.24, 2.45) is 0 Å². The van der Waals surface area contributed by atoms with E-state index < -0.39 is 27.5 Å². The molecule has 0 aliphatic rings. The summed E-state index contributed by atoms with van der Waals surface area (Å²) in [5, 5.41) is 18.2. The lowest BCUT2D eigenvalue weighted by Crippen LogP contribution is -2.12. The van der Waals surface area contributed by atoms with Crippen LogP contribution in [-0.2, 0) is 9.84 Å². The highest BCUT2D eigenvalue weighted by molar-refractivity contribution is 7.91. The number of carbonyl (C=O) groups is 1. The van der Waals surface area contributed by atoms with Gasteiger partial charge in [0, 0.05) is 0 Å². The Kier molecular flexibility index (Phi) is 4.13. The monoisotopic (exact) mass is 308 g/mol. The largest absolute Gasteiger partial charge is 0.507 e. The number of hydrogen-bond acceptors (Lipinski definition) is 5. The normalized spacial score (nSPS) is 11.0. The predicted molar refractivity (Wildman–Crippen MR) is 74.2 cm³/mol. The van der Waals surface area contributed by atoms with Crippen LogP contribution in [0, 0.1) is 0 Å². The second-order valence-corrected chi connectivity index (χ2v) is 6.11. The summed E-state index contributed by atoms with van der Waals surface area (Å²) in [6.07, 6.45) is 0. The minimum Gasteiger partial charge on any atom is -0.507 e. The zero-order valence-corrected chi connectivity index (χ0v) is 11.6. The summed E-state index contributed by atoms with van der Waals surface area (Å²) in [4.78, 5) is 11.0. The van der Waals surface area contributed by atoms with Crippen LogP contribution in [0.2, 0.25) is 0 Å². The Bertz CT molecular complexity index is 752. The summed E-state index contributed by atoms with van der Waals surface area (Å²) in [6, 6.07) is 11.3. The average molecular weight is 308 g/mol. The van der Waals surface area contributed by atoms with Crippen LogP contribution in [0.5, 0.6) is 11.5 Å². The molecule has 6 nitrogen and oxygen atoms in total. The van der Waals surface area contributed by atoms with Gasteiger partial charge in [-0.05, 0) is 30.3 Å². The van der Waals surface area contributed by atoms with Crippen LogP contribution in [0.3, 0.4) is 0 Å². The lowest BCUT2D eigenvalue weighted by atomic mass is 10.2. The van der Waals surface area contributed by atoms with Gasteiger partial charge in [-0.1, -0.05) is 18.2 Å². The molecular formula is C14H12O6S. The van der Waals surface area contributed by atoms with Crippen molar-refractivity contribution in [3.8, 4) is 11.5 Å². The van der Waals surface area contributed by atoms with Crippen LogP contribution in [0.25, 0.3) is 0 Å². The number of carboxylic acids is 1. The molecule has 2 rings (SSSR count). The van der Waals surface area contributed by atoms with E-state index in [0.29, 0.717) is 0 Å². The molecule has 0 atom stereocenters. The zero-order valence-electron chi connectivity index (χ0n) is 10.8. The third kappa shape index (κ3) is 3.51. The Balaban J connectivity index is 2.17. The maximum atomic E-state index is 12.0. The number of ether oxygens (including phenoxy) is 1. The summed E-state index contributed by atoms with van der Waals surface area (Å²) in [6.45, 7) is 0. The number of sulfone groups is 1. The fraction of sp³-hybridized carbons (Fsp3) is 0.0714. The van der Waals surface area contributed by atoms with Crippen molar-refractivity contribution in [2.75, 3.05) is 5.94 Å². The van der Waals surface area contributed by atoms with Gasteiger partial charge >= 0.3 is 5.97 Å². The van der Waals surface area contributed by atoms with Crippen LogP contribution in [0.1, 0.15) is 10.4 Å². The van der Waals surface area contributed by atoms with E-state index in [1.807, 2.05) is 0 Å². The molecule has 0 radical (unpaired) electrons. The van der Waals surface area contributed by atoms with Crippen molar-refractivity contribution in [2.45, 2.75) is 4.90 Å². The first-order valence-electron chi connectivity index (χ1n) is 5.87. The zero-order chi connectivity index (χ0) is 15.5. The molecule has 2 aromatic rings. The van der Waals surface area contributed by atoms with E-state index in [9.17, 15) is 18.3 Å². The molecule has 0 amide bonds. The molecule has 7 heteroatoms.